The molecule has 0 saturated heterocycles. The van der Waals surface area contributed by atoms with Gasteiger partial charge < -0.3 is 35.1 Å². The van der Waals surface area contributed by atoms with Crippen LogP contribution in [0, 0.1) is 0 Å². The standard InChI is InChI=1S/C12H13N2.C5H5.Fe/c1-2-5-11(4-1)8-14-10-12-6-3-7-13-9-12;1-2-4-5-3-1;/h1-7,9,14H,8,10H2;1-5H;/q-5;-1;. The summed E-state index contributed by atoms with van der Waals surface area (Å²) in [4.78, 5) is 4.06. The second kappa shape index (κ2) is 10.2. The molecule has 0 bridgehead atoms. The van der Waals surface area contributed by atoms with E-state index in [9.17, 15) is 0 Å². The van der Waals surface area contributed by atoms with E-state index in [2.05, 4.69) is 40.6 Å². The van der Waals surface area contributed by atoms with Gasteiger partial charge in [0, 0.05) is 36.0 Å². The van der Waals surface area contributed by atoms with Crippen molar-refractivity contribution in [3.05, 3.63) is 90.3 Å². The van der Waals surface area contributed by atoms with Gasteiger partial charge in [-0.1, -0.05) is 6.07 Å². The zero-order valence-electron chi connectivity index (χ0n) is 11.2. The first-order valence-electron chi connectivity index (χ1n) is 6.42. The van der Waals surface area contributed by atoms with Gasteiger partial charge in [-0.3, -0.25) is 4.98 Å². The summed E-state index contributed by atoms with van der Waals surface area (Å²) in [5, 5.41) is 3.36. The fraction of sp³-hybridized carbons (Fsp3) is 0.118. The monoisotopic (exact) mass is 306 g/mol. The topological polar surface area (TPSA) is 24.9 Å². The Hall–Kier alpha value is -1.67. The van der Waals surface area contributed by atoms with E-state index in [-0.39, 0.29) is 17.1 Å². The molecule has 0 fully saturated rings. The van der Waals surface area contributed by atoms with Crippen LogP contribution in [0.2, 0.25) is 0 Å². The first-order chi connectivity index (χ1) is 9.45. The predicted molar refractivity (Wildman–Crippen MR) is 78.9 cm³/mol. The molecule has 3 aromatic rings. The molecular weight excluding hydrogens is 288 g/mol. The van der Waals surface area contributed by atoms with Crippen molar-refractivity contribution in [1.29, 1.82) is 0 Å². The summed E-state index contributed by atoms with van der Waals surface area (Å²) in [6, 6.07) is 22.4. The van der Waals surface area contributed by atoms with Gasteiger partial charge in [0.25, 0.3) is 0 Å². The average Bonchev–Trinajstić information content (AvgIpc) is 3.16. The van der Waals surface area contributed by atoms with E-state index in [1.807, 2.05) is 42.6 Å². The van der Waals surface area contributed by atoms with Crippen LogP contribution in [0.25, 0.3) is 0 Å². The molecule has 3 rings (SSSR count). The molecule has 0 aliphatic heterocycles. The van der Waals surface area contributed by atoms with Gasteiger partial charge in [0.1, 0.15) is 0 Å². The van der Waals surface area contributed by atoms with Crippen LogP contribution in [-0.4, -0.2) is 4.98 Å². The van der Waals surface area contributed by atoms with Crippen LogP contribution < -0.4 is 5.32 Å². The van der Waals surface area contributed by atoms with Crippen molar-refractivity contribution in [3.63, 3.8) is 0 Å². The van der Waals surface area contributed by atoms with E-state index in [1.54, 1.807) is 6.20 Å². The minimum Gasteiger partial charge on any atom is -0.748 e. The SMILES string of the molecule is [Fe].c1cc[cH-]c1.c1cncc(CNC[c-]2[cH-][cH-][cH-][cH-]2)c1. The first kappa shape index (κ1) is 16.4. The van der Waals surface area contributed by atoms with E-state index >= 15 is 0 Å². The van der Waals surface area contributed by atoms with Crippen LogP contribution in [-0.2, 0) is 30.2 Å². The summed E-state index contributed by atoms with van der Waals surface area (Å²) in [5.41, 5.74) is 2.55. The van der Waals surface area contributed by atoms with E-state index in [4.69, 9.17) is 0 Å². The quantitative estimate of drug-likeness (QED) is 0.589. The molecule has 0 saturated carbocycles. The second-order valence-corrected chi connectivity index (χ2v) is 4.22. The molecule has 0 radical (unpaired) electrons. The number of rotatable bonds is 4. The Labute approximate surface area is 131 Å². The number of aromatic nitrogens is 1. The Balaban J connectivity index is 0.000000283. The van der Waals surface area contributed by atoms with Crippen molar-refractivity contribution in [2.45, 2.75) is 13.1 Å². The number of nitrogens with zero attached hydrogens (tertiary/aromatic N) is 1. The van der Waals surface area contributed by atoms with Crippen molar-refractivity contribution in [3.8, 4) is 0 Å². The Kier molecular flexibility index (Phi) is 8.32. The summed E-state index contributed by atoms with van der Waals surface area (Å²) in [6.07, 6.45) is 3.68. The first-order valence-corrected chi connectivity index (χ1v) is 6.42. The third-order valence-electron chi connectivity index (χ3n) is 2.67. The summed E-state index contributed by atoms with van der Waals surface area (Å²) in [6.45, 7) is 1.79. The number of hydrogen-bond donors (Lipinski definition) is 1. The Morgan fingerprint density at radius 2 is 1.85 bits per heavy atom. The summed E-state index contributed by atoms with van der Waals surface area (Å²) in [7, 11) is 0. The zero-order valence-corrected chi connectivity index (χ0v) is 12.3. The smallest absolute Gasteiger partial charge is 0.0312 e. The summed E-state index contributed by atoms with van der Waals surface area (Å²) >= 11 is 0. The molecule has 0 aliphatic rings. The van der Waals surface area contributed by atoms with Gasteiger partial charge in [0.2, 0.25) is 0 Å². The fourth-order valence-corrected chi connectivity index (χ4v) is 1.71. The summed E-state index contributed by atoms with van der Waals surface area (Å²) < 4.78 is 0. The van der Waals surface area contributed by atoms with Crippen molar-refractivity contribution in [1.82, 2.24) is 10.3 Å². The fourth-order valence-electron chi connectivity index (χ4n) is 1.71. The van der Waals surface area contributed by atoms with Gasteiger partial charge >= 0.3 is 0 Å². The number of nitrogens with one attached hydrogen (secondary N) is 1. The predicted octanol–water partition coefficient (Wildman–Crippen LogP) is 3.49. The molecule has 1 heterocycles. The van der Waals surface area contributed by atoms with E-state index in [0.717, 1.165) is 13.1 Å². The molecule has 1 aromatic heterocycles. The second-order valence-electron chi connectivity index (χ2n) is 4.22. The molecule has 0 aliphatic carbocycles. The van der Waals surface area contributed by atoms with Crippen molar-refractivity contribution in [2.24, 2.45) is 0 Å². The van der Waals surface area contributed by atoms with Crippen molar-refractivity contribution < 1.29 is 17.1 Å². The average molecular weight is 306 g/mol. The van der Waals surface area contributed by atoms with Gasteiger partial charge in [-0.2, -0.15) is 24.7 Å². The van der Waals surface area contributed by atoms with Crippen LogP contribution >= 0.6 is 0 Å². The maximum atomic E-state index is 4.06. The third kappa shape index (κ3) is 6.48. The van der Waals surface area contributed by atoms with Crippen LogP contribution in [0.1, 0.15) is 11.1 Å². The maximum Gasteiger partial charge on any atom is 0.0312 e. The molecule has 2 aromatic carbocycles. The Morgan fingerprint density at radius 3 is 2.40 bits per heavy atom. The third-order valence-corrected chi connectivity index (χ3v) is 2.67. The number of pyridine rings is 1. The molecular formula is C17H18FeN2-6. The zero-order chi connectivity index (χ0) is 13.2. The van der Waals surface area contributed by atoms with Crippen LogP contribution in [0.4, 0.5) is 0 Å². The van der Waals surface area contributed by atoms with Crippen molar-refractivity contribution in [2.75, 3.05) is 0 Å². The molecule has 110 valence electrons. The maximum absolute atomic E-state index is 4.06. The summed E-state index contributed by atoms with van der Waals surface area (Å²) in [5.74, 6) is 0. The molecule has 1 N–H and O–H groups in total. The molecule has 0 atom stereocenters. The van der Waals surface area contributed by atoms with Crippen LogP contribution in [0.15, 0.2) is 79.1 Å². The molecule has 0 amide bonds. The van der Waals surface area contributed by atoms with E-state index in [0.29, 0.717) is 0 Å². The number of hydrogen-bond acceptors (Lipinski definition) is 2. The van der Waals surface area contributed by atoms with Gasteiger partial charge in [0.15, 0.2) is 0 Å². The Bertz CT molecular complexity index is 498. The normalized spacial score (nSPS) is 9.20. The molecule has 3 heteroatoms. The van der Waals surface area contributed by atoms with E-state index in [1.165, 1.54) is 11.1 Å². The van der Waals surface area contributed by atoms with Gasteiger partial charge in [-0.05, 0) is 11.6 Å². The minimum atomic E-state index is 0. The Morgan fingerprint density at radius 1 is 1.10 bits per heavy atom. The van der Waals surface area contributed by atoms with Crippen LogP contribution in [0.5, 0.6) is 0 Å². The molecule has 20 heavy (non-hydrogen) atoms. The van der Waals surface area contributed by atoms with Crippen molar-refractivity contribution >= 4 is 0 Å². The molecule has 0 spiro atoms. The van der Waals surface area contributed by atoms with Gasteiger partial charge in [-0.15, -0.1) is 0 Å². The van der Waals surface area contributed by atoms with Crippen LogP contribution in [0.3, 0.4) is 0 Å². The molecule has 0 unspecified atom stereocenters. The van der Waals surface area contributed by atoms with E-state index < -0.39 is 0 Å². The molecule has 2 nitrogen and oxygen atoms in total. The van der Waals surface area contributed by atoms with Gasteiger partial charge in [-0.25, -0.2) is 12.1 Å². The van der Waals surface area contributed by atoms with Gasteiger partial charge in [0.05, 0.1) is 0 Å². The minimum absolute atomic E-state index is 0. The largest absolute Gasteiger partial charge is 0.748 e.